The average molecular weight is 1150 g/mol. The van der Waals surface area contributed by atoms with Crippen molar-refractivity contribution < 1.29 is 28.6 Å². The Hall–Kier alpha value is -4.19. The van der Waals surface area contributed by atoms with Crippen LogP contribution in [0, 0.1) is 0 Å². The molecule has 474 valence electrons. The summed E-state index contributed by atoms with van der Waals surface area (Å²) in [6.45, 7) is 6.49. The summed E-state index contributed by atoms with van der Waals surface area (Å²) in [7, 11) is 0. The predicted molar refractivity (Wildman–Crippen MR) is 362 cm³/mol. The predicted octanol–water partition coefficient (Wildman–Crippen LogP) is 24.3. The highest BCUT2D eigenvalue weighted by molar-refractivity contribution is 5.71. The minimum Gasteiger partial charge on any atom is -0.462 e. The molecule has 0 aliphatic rings. The molecule has 0 aliphatic carbocycles. The van der Waals surface area contributed by atoms with E-state index >= 15 is 0 Å². The number of hydrogen-bond acceptors (Lipinski definition) is 6. The second-order valence-corrected chi connectivity index (χ2v) is 23.1. The van der Waals surface area contributed by atoms with Gasteiger partial charge in [-0.3, -0.25) is 14.4 Å². The summed E-state index contributed by atoms with van der Waals surface area (Å²) in [5.74, 6) is -0.907. The van der Waals surface area contributed by atoms with Crippen molar-refractivity contribution in [2.24, 2.45) is 0 Å². The lowest BCUT2D eigenvalue weighted by atomic mass is 10.0. The maximum Gasteiger partial charge on any atom is 0.306 e. The van der Waals surface area contributed by atoms with E-state index in [-0.39, 0.29) is 31.1 Å². The molecule has 0 aromatic heterocycles. The number of unbranched alkanes of at least 4 members (excludes halogenated alkanes) is 32. The molecular formula is C77H130O6. The van der Waals surface area contributed by atoms with Crippen molar-refractivity contribution in [3.63, 3.8) is 0 Å². The van der Waals surface area contributed by atoms with E-state index in [4.69, 9.17) is 14.2 Å². The van der Waals surface area contributed by atoms with Gasteiger partial charge >= 0.3 is 17.9 Å². The zero-order chi connectivity index (χ0) is 59.9. The Kier molecular flexibility index (Phi) is 66.7. The fourth-order valence-electron chi connectivity index (χ4n) is 9.68. The Balaban J connectivity index is 4.34. The van der Waals surface area contributed by atoms with Crippen LogP contribution in [0.25, 0.3) is 0 Å². The highest BCUT2D eigenvalue weighted by Gasteiger charge is 2.19. The fraction of sp³-hybridized carbons (Fsp3) is 0.701. The minimum absolute atomic E-state index is 0.0893. The van der Waals surface area contributed by atoms with E-state index < -0.39 is 6.10 Å². The first-order chi connectivity index (χ1) is 41.0. The maximum absolute atomic E-state index is 13.0. The van der Waals surface area contributed by atoms with E-state index in [9.17, 15) is 14.4 Å². The lowest BCUT2D eigenvalue weighted by molar-refractivity contribution is -0.167. The second kappa shape index (κ2) is 70.3. The third-order valence-corrected chi connectivity index (χ3v) is 14.9. The summed E-state index contributed by atoms with van der Waals surface area (Å²) in [6, 6.07) is 0. The monoisotopic (exact) mass is 1150 g/mol. The third kappa shape index (κ3) is 68.5. The number of carbonyl (C=O) groups excluding carboxylic acids is 3. The highest BCUT2D eigenvalue weighted by Crippen LogP contribution is 2.16. The number of esters is 3. The van der Waals surface area contributed by atoms with Crippen molar-refractivity contribution in [3.8, 4) is 0 Å². The average Bonchev–Trinajstić information content (AvgIpc) is 3.49. The fourth-order valence-corrected chi connectivity index (χ4v) is 9.68. The molecule has 0 bridgehead atoms. The van der Waals surface area contributed by atoms with Crippen LogP contribution in [0.1, 0.15) is 329 Å². The molecule has 0 aromatic carbocycles. The topological polar surface area (TPSA) is 78.9 Å². The first-order valence-corrected chi connectivity index (χ1v) is 35.0. The van der Waals surface area contributed by atoms with Crippen LogP contribution >= 0.6 is 0 Å². The Morgan fingerprint density at radius 1 is 0.253 bits per heavy atom. The van der Waals surface area contributed by atoms with E-state index in [0.29, 0.717) is 19.3 Å². The van der Waals surface area contributed by atoms with Crippen molar-refractivity contribution in [2.75, 3.05) is 13.2 Å². The van der Waals surface area contributed by atoms with Gasteiger partial charge in [0.2, 0.25) is 0 Å². The standard InChI is InChI=1S/C77H130O6/c1-4-7-10-13-16-19-22-25-28-30-32-34-35-36-37-38-39-40-41-43-44-46-49-52-55-58-61-64-67-70-76(79)82-73-74(72-81-75(78)69-66-63-60-57-54-51-48-27-24-21-18-15-12-9-6-3)83-77(80)71-68-65-62-59-56-53-50-47-45-42-33-31-29-26-23-20-17-14-11-8-5-2/h7,10,16,18-19,21,23,25-28,31-34,36-37,45,47-48,74H,4-6,8-9,11-15,17,20,22,24,29-30,35,38-44,46,49-73H2,1-3H3/b10-7-,19-16-,21-18-,26-23-,28-25-,33-31-,34-32-,37-36-,47-45-,48-27-. The largest absolute Gasteiger partial charge is 0.462 e. The van der Waals surface area contributed by atoms with Gasteiger partial charge in [-0.1, -0.05) is 296 Å². The molecular weight excluding hydrogens is 1020 g/mol. The summed E-state index contributed by atoms with van der Waals surface area (Å²) in [4.78, 5) is 38.4. The number of rotatable bonds is 63. The van der Waals surface area contributed by atoms with Gasteiger partial charge in [-0.05, 0) is 135 Å². The van der Waals surface area contributed by atoms with Crippen LogP contribution in [0.3, 0.4) is 0 Å². The second-order valence-electron chi connectivity index (χ2n) is 23.1. The molecule has 1 unspecified atom stereocenters. The van der Waals surface area contributed by atoms with Gasteiger partial charge in [0, 0.05) is 19.3 Å². The van der Waals surface area contributed by atoms with Crippen molar-refractivity contribution >= 4 is 17.9 Å². The molecule has 6 nitrogen and oxygen atoms in total. The highest BCUT2D eigenvalue weighted by atomic mass is 16.6. The number of ether oxygens (including phenoxy) is 3. The molecule has 0 rings (SSSR count). The Morgan fingerprint density at radius 3 is 0.759 bits per heavy atom. The molecule has 0 spiro atoms. The van der Waals surface area contributed by atoms with Crippen LogP contribution in [0.5, 0.6) is 0 Å². The zero-order valence-electron chi connectivity index (χ0n) is 54.4. The van der Waals surface area contributed by atoms with Crippen LogP contribution in [-0.2, 0) is 28.6 Å². The molecule has 0 N–H and O–H groups in total. The van der Waals surface area contributed by atoms with Crippen LogP contribution in [0.4, 0.5) is 0 Å². The quantitative estimate of drug-likeness (QED) is 0.0261. The minimum atomic E-state index is -0.796. The van der Waals surface area contributed by atoms with Crippen molar-refractivity contribution in [1.82, 2.24) is 0 Å². The molecule has 0 heterocycles. The first-order valence-electron chi connectivity index (χ1n) is 35.0. The van der Waals surface area contributed by atoms with Gasteiger partial charge in [0.15, 0.2) is 6.10 Å². The Labute approximate surface area is 513 Å². The Morgan fingerprint density at radius 2 is 0.470 bits per heavy atom. The van der Waals surface area contributed by atoms with Crippen molar-refractivity contribution in [3.05, 3.63) is 122 Å². The lowest BCUT2D eigenvalue weighted by Crippen LogP contribution is -2.30. The van der Waals surface area contributed by atoms with Crippen LogP contribution in [0.2, 0.25) is 0 Å². The molecule has 0 aliphatic heterocycles. The summed E-state index contributed by atoms with van der Waals surface area (Å²) < 4.78 is 17.0. The van der Waals surface area contributed by atoms with Gasteiger partial charge in [0.25, 0.3) is 0 Å². The van der Waals surface area contributed by atoms with E-state index in [1.165, 1.54) is 148 Å². The molecule has 1 atom stereocenters. The summed E-state index contributed by atoms with van der Waals surface area (Å²) in [6.07, 6.45) is 97.8. The third-order valence-electron chi connectivity index (χ3n) is 14.9. The number of carbonyl (C=O) groups is 3. The molecule has 0 fully saturated rings. The lowest BCUT2D eigenvalue weighted by Gasteiger charge is -2.18. The zero-order valence-corrected chi connectivity index (χ0v) is 54.4. The van der Waals surface area contributed by atoms with Gasteiger partial charge in [-0.15, -0.1) is 0 Å². The van der Waals surface area contributed by atoms with Gasteiger partial charge < -0.3 is 14.2 Å². The number of hydrogen-bond donors (Lipinski definition) is 0. The van der Waals surface area contributed by atoms with Crippen molar-refractivity contribution in [1.29, 1.82) is 0 Å². The van der Waals surface area contributed by atoms with E-state index in [2.05, 4.69) is 142 Å². The molecule has 83 heavy (non-hydrogen) atoms. The first kappa shape index (κ1) is 78.8. The van der Waals surface area contributed by atoms with Gasteiger partial charge in [0.05, 0.1) is 0 Å². The van der Waals surface area contributed by atoms with Gasteiger partial charge in [-0.2, -0.15) is 0 Å². The molecule has 0 aromatic rings. The Bertz CT molecular complexity index is 1700. The SMILES string of the molecule is CC/C=C\C/C=C\C/C=C\C/C=C\C/C=C\CCCCCCCCCCCCCCCC(=O)OCC(COC(=O)CCCCCCC/C=C\C/C=C\CCCCC)OC(=O)CCCCCCCC/C=C\C/C=C\C/C=C\CCCCCCC. The molecule has 0 radical (unpaired) electrons. The summed E-state index contributed by atoms with van der Waals surface area (Å²) >= 11 is 0. The van der Waals surface area contributed by atoms with Gasteiger partial charge in [-0.25, -0.2) is 0 Å². The molecule has 0 amide bonds. The normalized spacial score (nSPS) is 12.9. The summed E-state index contributed by atoms with van der Waals surface area (Å²) in [5.41, 5.74) is 0. The molecule has 0 saturated carbocycles. The summed E-state index contributed by atoms with van der Waals surface area (Å²) in [5, 5.41) is 0. The molecule has 0 saturated heterocycles. The smallest absolute Gasteiger partial charge is 0.306 e. The van der Waals surface area contributed by atoms with Crippen molar-refractivity contribution in [2.45, 2.75) is 335 Å². The number of allylic oxidation sites excluding steroid dienone is 20. The van der Waals surface area contributed by atoms with E-state index in [1.54, 1.807) is 0 Å². The van der Waals surface area contributed by atoms with Crippen LogP contribution in [-0.4, -0.2) is 37.2 Å². The van der Waals surface area contributed by atoms with Crippen LogP contribution in [0.15, 0.2) is 122 Å². The van der Waals surface area contributed by atoms with Crippen LogP contribution < -0.4 is 0 Å². The van der Waals surface area contributed by atoms with E-state index in [0.717, 1.165) is 141 Å². The maximum atomic E-state index is 13.0. The van der Waals surface area contributed by atoms with E-state index in [1.807, 2.05) is 0 Å². The van der Waals surface area contributed by atoms with Gasteiger partial charge in [0.1, 0.15) is 13.2 Å². The molecule has 6 heteroatoms.